The zero-order valence-corrected chi connectivity index (χ0v) is 12.4. The molecule has 1 atom stereocenters. The number of halogens is 2. The Morgan fingerprint density at radius 1 is 1.33 bits per heavy atom. The van der Waals surface area contributed by atoms with E-state index in [1.165, 1.54) is 0 Å². The molecule has 0 amide bonds. The minimum atomic E-state index is -0.116. The summed E-state index contributed by atoms with van der Waals surface area (Å²) >= 11 is 9.62. The average Bonchev–Trinajstić information content (AvgIpc) is 2.28. The van der Waals surface area contributed by atoms with Crippen molar-refractivity contribution in [2.45, 2.75) is 19.4 Å². The minimum Gasteiger partial charge on any atom is -0.324 e. The molecule has 1 aromatic heterocycles. The summed E-state index contributed by atoms with van der Waals surface area (Å²) in [4.78, 5) is 4.13. The largest absolute Gasteiger partial charge is 0.324 e. The predicted octanol–water partition coefficient (Wildman–Crippen LogP) is 4.05. The highest BCUT2D eigenvalue weighted by Gasteiger charge is 2.11. The zero-order valence-electron chi connectivity index (χ0n) is 10.0. The maximum Gasteiger partial charge on any atom is 0.0456 e. The van der Waals surface area contributed by atoms with Crippen molar-refractivity contribution in [2.24, 2.45) is 5.73 Å². The normalized spacial score (nSPS) is 12.4. The minimum absolute atomic E-state index is 0.116. The van der Waals surface area contributed by atoms with Crippen LogP contribution in [-0.2, 0) is 6.42 Å². The average molecular weight is 326 g/mol. The molecule has 94 valence electrons. The van der Waals surface area contributed by atoms with Crippen LogP contribution in [0.5, 0.6) is 0 Å². The molecule has 0 spiro atoms. The van der Waals surface area contributed by atoms with Crippen LogP contribution >= 0.6 is 27.5 Å². The lowest BCUT2D eigenvalue weighted by Crippen LogP contribution is -2.14. The lowest BCUT2D eigenvalue weighted by Gasteiger charge is -2.14. The summed E-state index contributed by atoms with van der Waals surface area (Å²) in [5.74, 6) is 0. The second-order valence-corrected chi connectivity index (χ2v) is 5.67. The van der Waals surface area contributed by atoms with Gasteiger partial charge in [-0.3, -0.25) is 4.98 Å². The molecule has 0 aliphatic heterocycles. The molecule has 2 nitrogen and oxygen atoms in total. The van der Waals surface area contributed by atoms with E-state index in [1.807, 2.05) is 37.4 Å². The lowest BCUT2D eigenvalue weighted by atomic mass is 10.00. The van der Waals surface area contributed by atoms with Gasteiger partial charge in [0.15, 0.2) is 0 Å². The maximum absolute atomic E-state index is 6.22. The molecule has 2 N–H and O–H groups in total. The van der Waals surface area contributed by atoms with Gasteiger partial charge in [0, 0.05) is 27.9 Å². The molecule has 1 unspecified atom stereocenters. The van der Waals surface area contributed by atoms with Crippen LogP contribution in [0.2, 0.25) is 5.02 Å². The third-order valence-corrected chi connectivity index (χ3v) is 3.53. The fourth-order valence-corrected chi connectivity index (χ4v) is 2.65. The van der Waals surface area contributed by atoms with Gasteiger partial charge in [-0.25, -0.2) is 0 Å². The first kappa shape index (κ1) is 13.5. The third-order valence-electron chi connectivity index (χ3n) is 2.77. The molecule has 0 bridgehead atoms. The van der Waals surface area contributed by atoms with Crippen molar-refractivity contribution in [3.63, 3.8) is 0 Å². The molecular weight excluding hydrogens is 312 g/mol. The summed E-state index contributed by atoms with van der Waals surface area (Å²) in [5.41, 5.74) is 9.40. The first-order valence-electron chi connectivity index (χ1n) is 5.67. The molecule has 0 fully saturated rings. The Labute approximate surface area is 120 Å². The van der Waals surface area contributed by atoms with Gasteiger partial charge in [-0.05, 0) is 58.1 Å². The number of rotatable bonds is 3. The molecular formula is C14H14BrClN2. The Morgan fingerprint density at radius 3 is 2.78 bits per heavy atom. The molecule has 0 saturated carbocycles. The molecule has 1 aromatic carbocycles. The second kappa shape index (κ2) is 5.83. The molecule has 0 radical (unpaired) electrons. The van der Waals surface area contributed by atoms with E-state index in [2.05, 4.69) is 20.9 Å². The summed E-state index contributed by atoms with van der Waals surface area (Å²) in [5, 5.41) is 0.727. The van der Waals surface area contributed by atoms with Gasteiger partial charge in [0.2, 0.25) is 0 Å². The molecule has 4 heteroatoms. The molecule has 1 heterocycles. The van der Waals surface area contributed by atoms with Crippen molar-refractivity contribution < 1.29 is 0 Å². The Morgan fingerprint density at radius 2 is 2.11 bits per heavy atom. The maximum atomic E-state index is 6.22. The van der Waals surface area contributed by atoms with E-state index in [0.717, 1.165) is 32.6 Å². The van der Waals surface area contributed by atoms with Crippen LogP contribution in [0, 0.1) is 6.92 Å². The summed E-state index contributed by atoms with van der Waals surface area (Å²) < 4.78 is 0.960. The van der Waals surface area contributed by atoms with Crippen LogP contribution in [0.4, 0.5) is 0 Å². The van der Waals surface area contributed by atoms with Crippen LogP contribution in [0.3, 0.4) is 0 Å². The van der Waals surface area contributed by atoms with Crippen molar-refractivity contribution in [1.29, 1.82) is 0 Å². The van der Waals surface area contributed by atoms with Crippen LogP contribution in [0.25, 0.3) is 0 Å². The van der Waals surface area contributed by atoms with Gasteiger partial charge in [0.1, 0.15) is 0 Å². The molecule has 0 aliphatic rings. The Bertz CT molecular complexity index is 557. The first-order valence-corrected chi connectivity index (χ1v) is 6.84. The van der Waals surface area contributed by atoms with Gasteiger partial charge >= 0.3 is 0 Å². The number of hydrogen-bond donors (Lipinski definition) is 1. The van der Waals surface area contributed by atoms with Crippen molar-refractivity contribution in [2.75, 3.05) is 0 Å². The summed E-state index contributed by atoms with van der Waals surface area (Å²) in [6, 6.07) is 7.87. The smallest absolute Gasteiger partial charge is 0.0456 e. The lowest BCUT2D eigenvalue weighted by molar-refractivity contribution is 0.719. The number of aromatic nitrogens is 1. The quantitative estimate of drug-likeness (QED) is 0.924. The molecule has 18 heavy (non-hydrogen) atoms. The van der Waals surface area contributed by atoms with Crippen LogP contribution in [-0.4, -0.2) is 4.98 Å². The van der Waals surface area contributed by atoms with E-state index in [0.29, 0.717) is 0 Å². The van der Waals surface area contributed by atoms with Crippen molar-refractivity contribution in [3.8, 4) is 0 Å². The topological polar surface area (TPSA) is 38.9 Å². The fourth-order valence-electron chi connectivity index (χ4n) is 1.86. The zero-order chi connectivity index (χ0) is 13.1. The van der Waals surface area contributed by atoms with E-state index in [4.69, 9.17) is 17.3 Å². The summed E-state index contributed by atoms with van der Waals surface area (Å²) in [6.07, 6.45) is 4.30. The third kappa shape index (κ3) is 3.31. The Kier molecular flexibility index (Phi) is 4.38. The van der Waals surface area contributed by atoms with E-state index in [-0.39, 0.29) is 6.04 Å². The summed E-state index contributed by atoms with van der Waals surface area (Å²) in [7, 11) is 0. The number of benzene rings is 1. The molecule has 2 rings (SSSR count). The standard InChI is InChI=1S/C14H14BrClN2/c1-9-2-3-12(13(16)4-9)14(17)6-10-5-11(15)8-18-7-10/h2-5,7-8,14H,6,17H2,1H3. The predicted molar refractivity (Wildman–Crippen MR) is 78.8 cm³/mol. The van der Waals surface area contributed by atoms with Gasteiger partial charge in [-0.15, -0.1) is 0 Å². The Balaban J connectivity index is 2.19. The highest BCUT2D eigenvalue weighted by Crippen LogP contribution is 2.25. The van der Waals surface area contributed by atoms with Gasteiger partial charge in [0.05, 0.1) is 0 Å². The molecule has 2 aromatic rings. The summed E-state index contributed by atoms with van der Waals surface area (Å²) in [6.45, 7) is 2.01. The first-order chi connectivity index (χ1) is 8.56. The number of nitrogens with two attached hydrogens (primary N) is 1. The van der Waals surface area contributed by atoms with Crippen molar-refractivity contribution in [3.05, 3.63) is 62.8 Å². The number of aryl methyl sites for hydroxylation is 1. The van der Waals surface area contributed by atoms with Gasteiger partial charge < -0.3 is 5.73 Å². The van der Waals surface area contributed by atoms with Crippen LogP contribution in [0.1, 0.15) is 22.7 Å². The number of nitrogens with zero attached hydrogens (tertiary/aromatic N) is 1. The van der Waals surface area contributed by atoms with E-state index < -0.39 is 0 Å². The van der Waals surface area contributed by atoms with E-state index in [9.17, 15) is 0 Å². The van der Waals surface area contributed by atoms with Gasteiger partial charge in [-0.2, -0.15) is 0 Å². The van der Waals surface area contributed by atoms with Gasteiger partial charge in [-0.1, -0.05) is 23.7 Å². The van der Waals surface area contributed by atoms with Crippen molar-refractivity contribution in [1.82, 2.24) is 4.98 Å². The molecule has 0 saturated heterocycles. The molecule has 0 aliphatic carbocycles. The van der Waals surface area contributed by atoms with Gasteiger partial charge in [0.25, 0.3) is 0 Å². The van der Waals surface area contributed by atoms with Crippen LogP contribution in [0.15, 0.2) is 41.1 Å². The SMILES string of the molecule is Cc1ccc(C(N)Cc2cncc(Br)c2)c(Cl)c1. The highest BCUT2D eigenvalue weighted by molar-refractivity contribution is 9.10. The fraction of sp³-hybridized carbons (Fsp3) is 0.214. The van der Waals surface area contributed by atoms with E-state index >= 15 is 0 Å². The van der Waals surface area contributed by atoms with Crippen molar-refractivity contribution >= 4 is 27.5 Å². The number of pyridine rings is 1. The number of hydrogen-bond acceptors (Lipinski definition) is 2. The second-order valence-electron chi connectivity index (χ2n) is 4.35. The monoisotopic (exact) mass is 324 g/mol. The highest BCUT2D eigenvalue weighted by atomic mass is 79.9. The van der Waals surface area contributed by atoms with E-state index in [1.54, 1.807) is 6.20 Å². The Hall–Kier alpha value is -0.900. The van der Waals surface area contributed by atoms with Crippen LogP contribution < -0.4 is 5.73 Å².